The Balaban J connectivity index is 2.46. The summed E-state index contributed by atoms with van der Waals surface area (Å²) in [5.41, 5.74) is 3.12. The minimum atomic E-state index is -0.0404. The van der Waals surface area contributed by atoms with E-state index < -0.39 is 0 Å². The van der Waals surface area contributed by atoms with Gasteiger partial charge in [-0.3, -0.25) is 0 Å². The molecule has 2 aromatic rings. The maximum atomic E-state index is 9.12. The zero-order chi connectivity index (χ0) is 14.8. The van der Waals surface area contributed by atoms with E-state index in [-0.39, 0.29) is 17.7 Å². The highest BCUT2D eigenvalue weighted by atomic mass is 16.3. The lowest BCUT2D eigenvalue weighted by Gasteiger charge is -2.19. The summed E-state index contributed by atoms with van der Waals surface area (Å²) in [7, 11) is 0. The first-order valence-corrected chi connectivity index (χ1v) is 6.52. The number of benzene rings is 1. The smallest absolute Gasteiger partial charge is 0.190 e. The molecule has 1 N–H and O–H groups in total. The molecule has 0 spiro atoms. The predicted molar refractivity (Wildman–Crippen MR) is 76.0 cm³/mol. The lowest BCUT2D eigenvalue weighted by atomic mass is 9.86. The maximum Gasteiger partial charge on any atom is 0.190 e. The van der Waals surface area contributed by atoms with E-state index in [2.05, 4.69) is 31.1 Å². The molecule has 2 rings (SSSR count). The van der Waals surface area contributed by atoms with Gasteiger partial charge in [0.05, 0.1) is 13.2 Å². The van der Waals surface area contributed by atoms with Gasteiger partial charge in [-0.1, -0.05) is 50.3 Å². The summed E-state index contributed by atoms with van der Waals surface area (Å²) in [5.74, 6) is 0. The first kappa shape index (κ1) is 14.2. The molecule has 0 aliphatic heterocycles. The van der Waals surface area contributed by atoms with Crippen LogP contribution in [-0.2, 0) is 12.0 Å². The van der Waals surface area contributed by atoms with Crippen LogP contribution in [0.25, 0.3) is 11.3 Å². The summed E-state index contributed by atoms with van der Waals surface area (Å²) in [6, 6.07) is 10.1. The summed E-state index contributed by atoms with van der Waals surface area (Å²) in [5, 5.41) is 25.9. The Bertz CT molecular complexity index is 629. The Morgan fingerprint density at radius 1 is 1.25 bits per heavy atom. The van der Waals surface area contributed by atoms with Crippen LogP contribution in [0.2, 0.25) is 0 Å². The van der Waals surface area contributed by atoms with Crippen LogP contribution in [0.1, 0.15) is 32.0 Å². The molecule has 5 heteroatoms. The molecule has 0 bridgehead atoms. The highest BCUT2D eigenvalue weighted by molar-refractivity contribution is 5.65. The zero-order valence-electron chi connectivity index (χ0n) is 12.0. The van der Waals surface area contributed by atoms with E-state index >= 15 is 0 Å². The second-order valence-electron chi connectivity index (χ2n) is 5.67. The lowest BCUT2D eigenvalue weighted by molar-refractivity contribution is 0.269. The van der Waals surface area contributed by atoms with Crippen molar-refractivity contribution in [1.82, 2.24) is 15.0 Å². The molecule has 104 valence electrons. The number of aromatic nitrogens is 3. The van der Waals surface area contributed by atoms with Gasteiger partial charge in [-0.25, -0.2) is 4.68 Å². The standard InChI is InChI=1S/C15H18N4O/c1-15(2,3)12-6-4-11(5-7-12)14-13(10-16)17-18-19(14)8-9-20/h4-7,20H,8-9H2,1-3H3. The monoisotopic (exact) mass is 270 g/mol. The summed E-state index contributed by atoms with van der Waals surface area (Å²) in [6.07, 6.45) is 0. The molecule has 0 amide bonds. The third-order valence-electron chi connectivity index (χ3n) is 3.18. The number of hydrogen-bond donors (Lipinski definition) is 1. The van der Waals surface area contributed by atoms with Crippen molar-refractivity contribution in [2.75, 3.05) is 6.61 Å². The Morgan fingerprint density at radius 2 is 1.90 bits per heavy atom. The zero-order valence-corrected chi connectivity index (χ0v) is 12.0. The van der Waals surface area contributed by atoms with Crippen LogP contribution in [0, 0.1) is 11.3 Å². The summed E-state index contributed by atoms with van der Waals surface area (Å²) in [6.45, 7) is 6.74. The largest absolute Gasteiger partial charge is 0.394 e. The van der Waals surface area contributed by atoms with Gasteiger partial charge in [0.1, 0.15) is 11.8 Å². The summed E-state index contributed by atoms with van der Waals surface area (Å²) < 4.78 is 1.56. The Kier molecular flexibility index (Phi) is 3.86. The quantitative estimate of drug-likeness (QED) is 0.926. The number of rotatable bonds is 3. The molecular weight excluding hydrogens is 252 g/mol. The topological polar surface area (TPSA) is 74.7 Å². The van der Waals surface area contributed by atoms with E-state index in [1.54, 1.807) is 4.68 Å². The van der Waals surface area contributed by atoms with E-state index in [4.69, 9.17) is 10.4 Å². The van der Waals surface area contributed by atoms with Gasteiger partial charge in [-0.05, 0) is 11.0 Å². The van der Waals surface area contributed by atoms with Gasteiger partial charge in [0.2, 0.25) is 0 Å². The van der Waals surface area contributed by atoms with Gasteiger partial charge < -0.3 is 5.11 Å². The number of aliphatic hydroxyl groups excluding tert-OH is 1. The molecule has 1 aromatic heterocycles. The Morgan fingerprint density at radius 3 is 2.40 bits per heavy atom. The average molecular weight is 270 g/mol. The van der Waals surface area contributed by atoms with E-state index in [0.29, 0.717) is 12.2 Å². The molecule has 1 heterocycles. The van der Waals surface area contributed by atoms with E-state index in [9.17, 15) is 0 Å². The van der Waals surface area contributed by atoms with Crippen LogP contribution in [0.5, 0.6) is 0 Å². The number of aliphatic hydroxyl groups is 1. The highest BCUT2D eigenvalue weighted by Gasteiger charge is 2.17. The average Bonchev–Trinajstić information content (AvgIpc) is 2.81. The Labute approximate surface area is 118 Å². The second kappa shape index (κ2) is 5.43. The highest BCUT2D eigenvalue weighted by Crippen LogP contribution is 2.27. The molecule has 0 unspecified atom stereocenters. The molecule has 0 atom stereocenters. The SMILES string of the molecule is CC(C)(C)c1ccc(-c2c(C#N)nnn2CCO)cc1. The van der Waals surface area contributed by atoms with Gasteiger partial charge in [0, 0.05) is 5.56 Å². The van der Waals surface area contributed by atoms with Crippen molar-refractivity contribution in [1.29, 1.82) is 5.26 Å². The van der Waals surface area contributed by atoms with E-state index in [1.165, 1.54) is 5.56 Å². The minimum absolute atomic E-state index is 0.0404. The fourth-order valence-corrected chi connectivity index (χ4v) is 2.05. The summed E-state index contributed by atoms with van der Waals surface area (Å²) in [4.78, 5) is 0. The molecule has 0 saturated carbocycles. The van der Waals surface area contributed by atoms with Gasteiger partial charge in [-0.2, -0.15) is 5.26 Å². The van der Waals surface area contributed by atoms with Gasteiger partial charge in [0.15, 0.2) is 5.69 Å². The molecule has 20 heavy (non-hydrogen) atoms. The van der Waals surface area contributed by atoms with Crippen LogP contribution in [0.3, 0.4) is 0 Å². The van der Waals surface area contributed by atoms with Crippen molar-refractivity contribution in [2.24, 2.45) is 0 Å². The predicted octanol–water partition coefficient (Wildman–Crippen LogP) is 2.11. The van der Waals surface area contributed by atoms with Crippen molar-refractivity contribution in [3.63, 3.8) is 0 Å². The maximum absolute atomic E-state index is 9.12. The molecule has 5 nitrogen and oxygen atoms in total. The number of nitrogens with zero attached hydrogens (tertiary/aromatic N) is 4. The number of nitriles is 1. The van der Waals surface area contributed by atoms with Crippen LogP contribution in [-0.4, -0.2) is 26.7 Å². The van der Waals surface area contributed by atoms with E-state index in [0.717, 1.165) is 5.56 Å². The molecule has 0 fully saturated rings. The molecule has 1 aromatic carbocycles. The lowest BCUT2D eigenvalue weighted by Crippen LogP contribution is -2.11. The fraction of sp³-hybridized carbons (Fsp3) is 0.400. The normalized spacial score (nSPS) is 11.3. The van der Waals surface area contributed by atoms with Crippen molar-refractivity contribution >= 4 is 0 Å². The second-order valence-corrected chi connectivity index (χ2v) is 5.67. The van der Waals surface area contributed by atoms with Gasteiger partial charge in [0.25, 0.3) is 0 Å². The Hall–Kier alpha value is -2.19. The molecule has 0 radical (unpaired) electrons. The van der Waals surface area contributed by atoms with Crippen molar-refractivity contribution in [3.8, 4) is 17.3 Å². The third-order valence-corrected chi connectivity index (χ3v) is 3.18. The van der Waals surface area contributed by atoms with Gasteiger partial charge >= 0.3 is 0 Å². The van der Waals surface area contributed by atoms with Crippen LogP contribution >= 0.6 is 0 Å². The van der Waals surface area contributed by atoms with Crippen LogP contribution in [0.4, 0.5) is 0 Å². The van der Waals surface area contributed by atoms with E-state index in [1.807, 2.05) is 30.3 Å². The fourth-order valence-electron chi connectivity index (χ4n) is 2.05. The van der Waals surface area contributed by atoms with Gasteiger partial charge in [-0.15, -0.1) is 5.10 Å². The third kappa shape index (κ3) is 2.70. The summed E-state index contributed by atoms with van der Waals surface area (Å²) >= 11 is 0. The molecule has 0 aliphatic carbocycles. The minimum Gasteiger partial charge on any atom is -0.394 e. The van der Waals surface area contributed by atoms with Crippen molar-refractivity contribution in [3.05, 3.63) is 35.5 Å². The van der Waals surface area contributed by atoms with Crippen LogP contribution < -0.4 is 0 Å². The first-order chi connectivity index (χ1) is 9.47. The molecular formula is C15H18N4O. The molecule has 0 aliphatic rings. The van der Waals surface area contributed by atoms with Crippen LogP contribution in [0.15, 0.2) is 24.3 Å². The molecule has 0 saturated heterocycles. The number of hydrogen-bond acceptors (Lipinski definition) is 4. The first-order valence-electron chi connectivity index (χ1n) is 6.52. The van der Waals surface area contributed by atoms with Crippen molar-refractivity contribution < 1.29 is 5.11 Å². The van der Waals surface area contributed by atoms with Crippen molar-refractivity contribution in [2.45, 2.75) is 32.7 Å².